The van der Waals surface area contributed by atoms with Gasteiger partial charge in [-0.15, -0.1) is 0 Å². The van der Waals surface area contributed by atoms with E-state index in [0.29, 0.717) is 5.92 Å². The van der Waals surface area contributed by atoms with E-state index in [0.717, 1.165) is 66.0 Å². The van der Waals surface area contributed by atoms with Crippen LogP contribution < -0.4 is 0 Å². The Bertz CT molecular complexity index is 1340. The number of nitrogens with zero attached hydrogens (tertiary/aromatic N) is 4. The van der Waals surface area contributed by atoms with Crippen LogP contribution in [0.2, 0.25) is 0 Å². The molecule has 1 saturated heterocycles. The predicted octanol–water partition coefficient (Wildman–Crippen LogP) is 4.82. The summed E-state index contributed by atoms with van der Waals surface area (Å²) in [5.41, 5.74) is 4.64. The highest BCUT2D eigenvalue weighted by atomic mass is 16.3. The number of phenolic OH excluding ortho intramolecular Hbond substituents is 1. The highest BCUT2D eigenvalue weighted by Gasteiger charge is 2.24. The first-order valence-electron chi connectivity index (χ1n) is 11.7. The smallest absolute Gasteiger partial charge is 0.247 e. The van der Waals surface area contributed by atoms with Crippen LogP contribution in [0.4, 0.5) is 0 Å². The fraction of sp³-hybridized carbons (Fsp3) is 0.250. The summed E-state index contributed by atoms with van der Waals surface area (Å²) in [7, 11) is 0. The molecule has 1 amide bonds. The first kappa shape index (κ1) is 21.9. The van der Waals surface area contributed by atoms with E-state index >= 15 is 0 Å². The molecular weight excluding hydrogens is 424 g/mol. The van der Waals surface area contributed by atoms with Gasteiger partial charge in [-0.1, -0.05) is 42.5 Å². The predicted molar refractivity (Wildman–Crippen MR) is 133 cm³/mol. The summed E-state index contributed by atoms with van der Waals surface area (Å²) in [6.07, 6.45) is 7.24. The van der Waals surface area contributed by atoms with Gasteiger partial charge in [0.1, 0.15) is 17.1 Å². The minimum absolute atomic E-state index is 0.0102. The van der Waals surface area contributed by atoms with Gasteiger partial charge in [0.25, 0.3) is 0 Å². The van der Waals surface area contributed by atoms with Crippen LogP contribution in [0.5, 0.6) is 5.75 Å². The number of piperidine rings is 1. The maximum atomic E-state index is 13.3. The van der Waals surface area contributed by atoms with Crippen molar-refractivity contribution in [3.63, 3.8) is 0 Å². The Balaban J connectivity index is 1.31. The second kappa shape index (κ2) is 9.51. The van der Waals surface area contributed by atoms with E-state index in [1.165, 1.54) is 0 Å². The Kier molecular flexibility index (Phi) is 6.12. The first-order valence-corrected chi connectivity index (χ1v) is 11.7. The number of phenols is 1. The van der Waals surface area contributed by atoms with Crippen molar-refractivity contribution in [2.75, 3.05) is 13.1 Å². The van der Waals surface area contributed by atoms with E-state index < -0.39 is 0 Å². The molecule has 2 aromatic carbocycles. The Labute approximate surface area is 199 Å². The van der Waals surface area contributed by atoms with Gasteiger partial charge in [-0.25, -0.2) is 4.98 Å². The molecule has 1 aliphatic heterocycles. The van der Waals surface area contributed by atoms with Crippen molar-refractivity contribution in [2.24, 2.45) is 5.92 Å². The van der Waals surface area contributed by atoms with Crippen molar-refractivity contribution in [1.82, 2.24) is 19.4 Å². The summed E-state index contributed by atoms with van der Waals surface area (Å²) >= 11 is 0. The lowest BCUT2D eigenvalue weighted by Gasteiger charge is -2.32. The molecule has 0 bridgehead atoms. The van der Waals surface area contributed by atoms with Crippen LogP contribution in [-0.2, 0) is 11.3 Å². The van der Waals surface area contributed by atoms with Crippen molar-refractivity contribution in [2.45, 2.75) is 26.3 Å². The van der Waals surface area contributed by atoms with E-state index in [9.17, 15) is 9.90 Å². The number of rotatable bonds is 5. The zero-order chi connectivity index (χ0) is 23.5. The Hall–Kier alpha value is -3.93. The zero-order valence-electron chi connectivity index (χ0n) is 19.3. The molecule has 1 N–H and O–H groups in total. The number of aromatic nitrogens is 3. The fourth-order valence-corrected chi connectivity index (χ4v) is 4.77. The summed E-state index contributed by atoms with van der Waals surface area (Å²) in [6.45, 7) is 4.41. The number of likely N-dealkylation sites (tertiary alicyclic amines) is 1. The number of aryl methyl sites for hydroxylation is 1. The number of hydrogen-bond acceptors (Lipinski definition) is 4. The van der Waals surface area contributed by atoms with Crippen molar-refractivity contribution in [3.8, 4) is 5.75 Å². The summed E-state index contributed by atoms with van der Waals surface area (Å²) in [6, 6.07) is 18.9. The van der Waals surface area contributed by atoms with Crippen LogP contribution in [0.25, 0.3) is 16.6 Å². The molecule has 172 valence electrons. The molecule has 3 heterocycles. The quantitative estimate of drug-likeness (QED) is 0.441. The molecule has 1 fully saturated rings. The van der Waals surface area contributed by atoms with Gasteiger partial charge in [-0.05, 0) is 60.6 Å². The number of imidazole rings is 1. The monoisotopic (exact) mass is 452 g/mol. The molecule has 1 aliphatic rings. The number of pyridine rings is 1. The molecule has 0 saturated carbocycles. The lowest BCUT2D eigenvalue weighted by Crippen LogP contribution is -2.38. The SMILES string of the molecule is Cc1nc2cnccc2n1CC1CCN(C(=O)/C=C(\c2ccccc2)c2cccc(O)c2)CC1. The lowest BCUT2D eigenvalue weighted by atomic mass is 9.95. The highest BCUT2D eigenvalue weighted by molar-refractivity contribution is 5.99. The molecule has 6 heteroatoms. The zero-order valence-corrected chi connectivity index (χ0v) is 19.3. The van der Waals surface area contributed by atoms with Gasteiger partial charge in [0.2, 0.25) is 5.91 Å². The molecule has 5 rings (SSSR count). The summed E-state index contributed by atoms with van der Waals surface area (Å²) in [4.78, 5) is 24.0. The molecule has 0 radical (unpaired) electrons. The molecule has 2 aromatic heterocycles. The first-order chi connectivity index (χ1) is 16.6. The standard InChI is InChI=1S/C28H28N4O2/c1-20-30-26-18-29-13-10-27(26)32(20)19-21-11-14-31(15-12-21)28(34)17-25(22-6-3-2-4-7-22)23-8-5-9-24(33)16-23/h2-10,13,16-18,21,33H,11-12,14-15,19H2,1H3/b25-17+. The summed E-state index contributed by atoms with van der Waals surface area (Å²) in [5.74, 6) is 1.70. The van der Waals surface area contributed by atoms with Gasteiger partial charge < -0.3 is 14.6 Å². The van der Waals surface area contributed by atoms with Gasteiger partial charge in [0, 0.05) is 31.9 Å². The van der Waals surface area contributed by atoms with E-state index in [1.54, 1.807) is 24.3 Å². The minimum atomic E-state index is 0.0102. The Morgan fingerprint density at radius 3 is 2.59 bits per heavy atom. The number of benzene rings is 2. The third kappa shape index (κ3) is 4.57. The van der Waals surface area contributed by atoms with Gasteiger partial charge in [-0.3, -0.25) is 9.78 Å². The highest BCUT2D eigenvalue weighted by Crippen LogP contribution is 2.28. The van der Waals surface area contributed by atoms with Crippen LogP contribution in [0, 0.1) is 12.8 Å². The number of amides is 1. The third-order valence-corrected chi connectivity index (χ3v) is 6.62. The summed E-state index contributed by atoms with van der Waals surface area (Å²) < 4.78 is 2.27. The van der Waals surface area contributed by atoms with Gasteiger partial charge >= 0.3 is 0 Å². The van der Waals surface area contributed by atoms with E-state index in [1.807, 2.05) is 66.7 Å². The molecule has 4 aromatic rings. The van der Waals surface area contributed by atoms with Crippen LogP contribution in [0.15, 0.2) is 79.1 Å². The maximum absolute atomic E-state index is 13.3. The average Bonchev–Trinajstić information content (AvgIpc) is 3.18. The van der Waals surface area contributed by atoms with Crippen LogP contribution in [-0.4, -0.2) is 43.5 Å². The molecule has 0 aliphatic carbocycles. The Morgan fingerprint density at radius 2 is 1.82 bits per heavy atom. The molecule has 6 nitrogen and oxygen atoms in total. The number of aromatic hydroxyl groups is 1. The number of hydrogen-bond donors (Lipinski definition) is 1. The topological polar surface area (TPSA) is 71.2 Å². The van der Waals surface area contributed by atoms with Crippen molar-refractivity contribution in [3.05, 3.63) is 96.1 Å². The average molecular weight is 453 g/mol. The third-order valence-electron chi connectivity index (χ3n) is 6.62. The van der Waals surface area contributed by atoms with Gasteiger partial charge in [-0.2, -0.15) is 0 Å². The molecular formula is C28H28N4O2. The normalized spacial score (nSPS) is 15.1. The number of carbonyl (C=O) groups is 1. The molecule has 34 heavy (non-hydrogen) atoms. The van der Waals surface area contributed by atoms with Crippen LogP contribution >= 0.6 is 0 Å². The molecule has 0 atom stereocenters. The van der Waals surface area contributed by atoms with Gasteiger partial charge in [0.05, 0.1) is 11.7 Å². The minimum Gasteiger partial charge on any atom is -0.508 e. The molecule has 0 spiro atoms. The number of carbonyl (C=O) groups excluding carboxylic acids is 1. The van der Waals surface area contributed by atoms with Crippen molar-refractivity contribution in [1.29, 1.82) is 0 Å². The largest absolute Gasteiger partial charge is 0.508 e. The molecule has 0 unspecified atom stereocenters. The van der Waals surface area contributed by atoms with E-state index in [-0.39, 0.29) is 11.7 Å². The van der Waals surface area contributed by atoms with Crippen LogP contribution in [0.3, 0.4) is 0 Å². The van der Waals surface area contributed by atoms with Gasteiger partial charge in [0.15, 0.2) is 0 Å². The van der Waals surface area contributed by atoms with E-state index in [4.69, 9.17) is 0 Å². The Morgan fingerprint density at radius 1 is 1.06 bits per heavy atom. The number of fused-ring (bicyclic) bond motifs is 1. The van der Waals surface area contributed by atoms with Crippen molar-refractivity contribution >= 4 is 22.5 Å². The van der Waals surface area contributed by atoms with Crippen molar-refractivity contribution < 1.29 is 9.90 Å². The lowest BCUT2D eigenvalue weighted by molar-refractivity contribution is -0.127. The summed E-state index contributed by atoms with van der Waals surface area (Å²) in [5, 5.41) is 9.98. The maximum Gasteiger partial charge on any atom is 0.247 e. The van der Waals surface area contributed by atoms with Crippen LogP contribution in [0.1, 0.15) is 29.8 Å². The second-order valence-corrected chi connectivity index (χ2v) is 8.88. The van der Waals surface area contributed by atoms with E-state index in [2.05, 4.69) is 14.5 Å². The second-order valence-electron chi connectivity index (χ2n) is 8.88. The fourth-order valence-electron chi connectivity index (χ4n) is 4.77.